The van der Waals surface area contributed by atoms with E-state index < -0.39 is 0 Å². The Morgan fingerprint density at radius 1 is 1.22 bits per heavy atom. The maximum atomic E-state index is 11.8. The van der Waals surface area contributed by atoms with Gasteiger partial charge in [-0.15, -0.1) is 0 Å². The topological polar surface area (TPSA) is 86.1 Å². The highest BCUT2D eigenvalue weighted by Gasteiger charge is 2.26. The van der Waals surface area contributed by atoms with Crippen molar-refractivity contribution < 1.29 is 23.4 Å². The maximum absolute atomic E-state index is 11.8. The van der Waals surface area contributed by atoms with Crippen molar-refractivity contribution in [3.63, 3.8) is 0 Å². The molecule has 1 N–H and O–H groups in total. The molecule has 0 unspecified atom stereocenters. The summed E-state index contributed by atoms with van der Waals surface area (Å²) >= 11 is 0. The van der Waals surface area contributed by atoms with Crippen LogP contribution in [-0.2, 0) is 11.3 Å². The number of aromatic nitrogens is 1. The summed E-state index contributed by atoms with van der Waals surface area (Å²) < 4.78 is 22.8. The van der Waals surface area contributed by atoms with E-state index in [0.717, 1.165) is 49.5 Å². The minimum atomic E-state index is -0.388. The quantitative estimate of drug-likeness (QED) is 0.447. The normalized spacial score (nSPS) is 17.4. The number of hydrogen-bond acceptors (Lipinski definition) is 8. The summed E-state index contributed by atoms with van der Waals surface area (Å²) in [5.41, 5.74) is 3.68. The van der Waals surface area contributed by atoms with Gasteiger partial charge in [0.2, 0.25) is 0 Å². The molecule has 0 radical (unpaired) electrons. The van der Waals surface area contributed by atoms with Gasteiger partial charge in [-0.3, -0.25) is 4.90 Å². The predicted molar refractivity (Wildman–Crippen MR) is 139 cm³/mol. The van der Waals surface area contributed by atoms with E-state index in [9.17, 15) is 4.79 Å². The van der Waals surface area contributed by atoms with E-state index in [0.29, 0.717) is 29.3 Å². The smallest absolute Gasteiger partial charge is 0.337 e. The van der Waals surface area contributed by atoms with E-state index >= 15 is 0 Å². The Kier molecular flexibility index (Phi) is 6.62. The number of likely N-dealkylation sites (tertiary alicyclic amines) is 1. The van der Waals surface area contributed by atoms with Crippen LogP contribution < -0.4 is 14.8 Å². The zero-order valence-corrected chi connectivity index (χ0v) is 21.3. The minimum Gasteiger partial charge on any atom is -0.490 e. The highest BCUT2D eigenvalue weighted by molar-refractivity contribution is 5.93. The van der Waals surface area contributed by atoms with Crippen LogP contribution >= 0.6 is 0 Å². The van der Waals surface area contributed by atoms with Crippen molar-refractivity contribution >= 4 is 29.2 Å². The van der Waals surface area contributed by atoms with Gasteiger partial charge < -0.3 is 23.9 Å². The molecule has 190 valence electrons. The molecule has 0 aliphatic carbocycles. The van der Waals surface area contributed by atoms with E-state index in [4.69, 9.17) is 18.6 Å². The molecule has 1 aromatic heterocycles. The van der Waals surface area contributed by atoms with Crippen molar-refractivity contribution in [1.29, 1.82) is 0 Å². The van der Waals surface area contributed by atoms with Crippen molar-refractivity contribution in [3.8, 4) is 11.5 Å². The molecule has 1 fully saturated rings. The van der Waals surface area contributed by atoms with Gasteiger partial charge in [-0.25, -0.2) is 4.79 Å². The lowest BCUT2D eigenvalue weighted by molar-refractivity contribution is 0.0601. The summed E-state index contributed by atoms with van der Waals surface area (Å²) in [6, 6.07) is 10.2. The van der Waals surface area contributed by atoms with E-state index in [1.807, 2.05) is 6.92 Å². The van der Waals surface area contributed by atoms with Gasteiger partial charge in [-0.1, -0.05) is 6.08 Å². The molecule has 0 atom stereocenters. The Morgan fingerprint density at radius 3 is 2.78 bits per heavy atom. The molecule has 8 nitrogen and oxygen atoms in total. The van der Waals surface area contributed by atoms with E-state index in [-0.39, 0.29) is 17.6 Å². The number of carbonyl (C=O) groups excluding carboxylic acids is 1. The van der Waals surface area contributed by atoms with Crippen molar-refractivity contribution in [2.45, 2.75) is 51.8 Å². The largest absolute Gasteiger partial charge is 0.490 e. The lowest BCUT2D eigenvalue weighted by atomic mass is 9.99. The van der Waals surface area contributed by atoms with Crippen LogP contribution in [0.5, 0.6) is 11.5 Å². The van der Waals surface area contributed by atoms with Crippen LogP contribution in [0.1, 0.15) is 55.1 Å². The molecule has 2 aliphatic rings. The number of piperidine rings is 1. The number of oxazole rings is 1. The summed E-state index contributed by atoms with van der Waals surface area (Å²) in [7, 11) is 1.37. The number of ether oxygens (including phenoxy) is 3. The first-order chi connectivity index (χ1) is 17.3. The third kappa shape index (κ3) is 5.18. The molecule has 0 amide bonds. The number of anilines is 1. The SMILES string of the molecule is CCOc1cc(CN2CCC(Nc3nc4cc(C(=O)OC)ccc4o3)CC2)cc2c1OC(C)(C)C=C2. The molecular weight excluding hydrogens is 458 g/mol. The first kappa shape index (κ1) is 24.2. The lowest BCUT2D eigenvalue weighted by Crippen LogP contribution is -2.38. The van der Waals surface area contributed by atoms with Crippen LogP contribution in [-0.4, -0.2) is 54.3 Å². The van der Waals surface area contributed by atoms with Crippen LogP contribution in [0.4, 0.5) is 6.01 Å². The second-order valence-corrected chi connectivity index (χ2v) is 9.87. The minimum absolute atomic E-state index is 0.274. The van der Waals surface area contributed by atoms with Crippen LogP contribution in [0.3, 0.4) is 0 Å². The highest BCUT2D eigenvalue weighted by Crippen LogP contribution is 2.40. The lowest BCUT2D eigenvalue weighted by Gasteiger charge is -2.33. The molecule has 36 heavy (non-hydrogen) atoms. The zero-order chi connectivity index (χ0) is 25.3. The number of esters is 1. The van der Waals surface area contributed by atoms with Gasteiger partial charge in [0.25, 0.3) is 6.01 Å². The number of fused-ring (bicyclic) bond motifs is 2. The molecule has 0 saturated carbocycles. The average molecular weight is 492 g/mol. The number of nitrogens with one attached hydrogen (secondary N) is 1. The summed E-state index contributed by atoms with van der Waals surface area (Å²) in [6.45, 7) is 9.48. The van der Waals surface area contributed by atoms with Gasteiger partial charge in [-0.05, 0) is 75.6 Å². The van der Waals surface area contributed by atoms with Crippen molar-refractivity contribution in [1.82, 2.24) is 9.88 Å². The molecule has 1 saturated heterocycles. The zero-order valence-electron chi connectivity index (χ0n) is 21.3. The third-order valence-corrected chi connectivity index (χ3v) is 6.60. The maximum Gasteiger partial charge on any atom is 0.337 e. The molecule has 5 rings (SSSR count). The number of rotatable bonds is 7. The second kappa shape index (κ2) is 9.85. The number of carbonyl (C=O) groups is 1. The fraction of sp³-hybridized carbons (Fsp3) is 0.429. The van der Waals surface area contributed by atoms with Crippen molar-refractivity contribution in [2.24, 2.45) is 0 Å². The van der Waals surface area contributed by atoms with Gasteiger partial charge in [0.1, 0.15) is 11.1 Å². The van der Waals surface area contributed by atoms with E-state index in [1.54, 1.807) is 18.2 Å². The number of nitrogens with zero attached hydrogens (tertiary/aromatic N) is 2. The van der Waals surface area contributed by atoms with Gasteiger partial charge in [0.05, 0.1) is 19.3 Å². The van der Waals surface area contributed by atoms with Crippen LogP contribution in [0, 0.1) is 0 Å². The van der Waals surface area contributed by atoms with Crippen LogP contribution in [0.25, 0.3) is 17.2 Å². The molecule has 2 aromatic carbocycles. The van der Waals surface area contributed by atoms with Crippen molar-refractivity contribution in [3.05, 3.63) is 53.1 Å². The Balaban J connectivity index is 1.21. The molecule has 0 spiro atoms. The predicted octanol–water partition coefficient (Wildman–Crippen LogP) is 5.27. The molecule has 2 aliphatic heterocycles. The second-order valence-electron chi connectivity index (χ2n) is 9.87. The monoisotopic (exact) mass is 491 g/mol. The number of methoxy groups -OCH3 is 1. The Labute approximate surface area is 211 Å². The van der Waals surface area contributed by atoms with Crippen molar-refractivity contribution in [2.75, 3.05) is 32.1 Å². The standard InChI is InChI=1S/C28H33N3O5/c1-5-34-24-15-18(14-19-8-11-28(2,3)36-25(19)24)17-31-12-9-21(10-13-31)29-27-30-22-16-20(26(32)33-4)6-7-23(22)35-27/h6-8,11,14-16,21H,5,9-10,12-13,17H2,1-4H3,(H,29,30). The Hall–Kier alpha value is -3.52. The summed E-state index contributed by atoms with van der Waals surface area (Å²) in [4.78, 5) is 18.8. The van der Waals surface area contributed by atoms with Gasteiger partial charge in [0.15, 0.2) is 17.1 Å². The summed E-state index contributed by atoms with van der Waals surface area (Å²) in [6.07, 6.45) is 6.18. The average Bonchev–Trinajstić information content (AvgIpc) is 3.26. The molecule has 3 heterocycles. The first-order valence-electron chi connectivity index (χ1n) is 12.5. The molecule has 8 heteroatoms. The molecule has 3 aromatic rings. The van der Waals surface area contributed by atoms with Crippen LogP contribution in [0.2, 0.25) is 0 Å². The number of hydrogen-bond donors (Lipinski definition) is 1. The fourth-order valence-electron chi connectivity index (χ4n) is 4.76. The molecular formula is C28H33N3O5. The first-order valence-corrected chi connectivity index (χ1v) is 12.5. The summed E-state index contributed by atoms with van der Waals surface area (Å²) in [5.74, 6) is 1.25. The fourth-order valence-corrected chi connectivity index (χ4v) is 4.76. The molecule has 0 bridgehead atoms. The Bertz CT molecular complexity index is 1290. The third-order valence-electron chi connectivity index (χ3n) is 6.60. The Morgan fingerprint density at radius 2 is 2.03 bits per heavy atom. The van der Waals surface area contributed by atoms with Gasteiger partial charge in [0, 0.05) is 31.2 Å². The van der Waals surface area contributed by atoms with E-state index in [1.165, 1.54) is 12.7 Å². The van der Waals surface area contributed by atoms with E-state index in [2.05, 4.69) is 53.3 Å². The summed E-state index contributed by atoms with van der Waals surface area (Å²) in [5, 5.41) is 3.43. The van der Waals surface area contributed by atoms with Gasteiger partial charge >= 0.3 is 5.97 Å². The highest BCUT2D eigenvalue weighted by atomic mass is 16.5. The number of benzene rings is 2. The van der Waals surface area contributed by atoms with Crippen LogP contribution in [0.15, 0.2) is 40.8 Å². The van der Waals surface area contributed by atoms with Gasteiger partial charge in [-0.2, -0.15) is 4.98 Å².